The Hall–Kier alpha value is -0.410. The molecule has 0 bridgehead atoms. The SMILES string of the molecule is CC1CCN(Cc2nccs2)C1C. The van der Waals surface area contributed by atoms with Crippen LogP contribution in [0.15, 0.2) is 11.6 Å². The minimum absolute atomic E-state index is 0.726. The van der Waals surface area contributed by atoms with Crippen molar-refractivity contribution in [2.45, 2.75) is 32.9 Å². The Bertz CT molecular complexity index is 258. The van der Waals surface area contributed by atoms with E-state index < -0.39 is 0 Å². The zero-order valence-electron chi connectivity index (χ0n) is 8.23. The summed E-state index contributed by atoms with van der Waals surface area (Å²) in [5.74, 6) is 0.847. The fourth-order valence-electron chi connectivity index (χ4n) is 1.90. The van der Waals surface area contributed by atoms with Crippen molar-refractivity contribution in [2.24, 2.45) is 5.92 Å². The van der Waals surface area contributed by atoms with Crippen molar-refractivity contribution in [3.63, 3.8) is 0 Å². The lowest BCUT2D eigenvalue weighted by molar-refractivity contribution is 0.239. The Labute approximate surface area is 83.6 Å². The summed E-state index contributed by atoms with van der Waals surface area (Å²) in [4.78, 5) is 6.85. The maximum Gasteiger partial charge on any atom is 0.107 e. The van der Waals surface area contributed by atoms with Gasteiger partial charge < -0.3 is 0 Å². The molecule has 2 unspecified atom stereocenters. The van der Waals surface area contributed by atoms with E-state index in [0.717, 1.165) is 18.5 Å². The van der Waals surface area contributed by atoms with Crippen LogP contribution in [-0.4, -0.2) is 22.5 Å². The predicted octanol–water partition coefficient (Wildman–Crippen LogP) is 2.37. The second-order valence-corrected chi connectivity index (χ2v) is 4.88. The van der Waals surface area contributed by atoms with Crippen LogP contribution in [-0.2, 0) is 6.54 Å². The van der Waals surface area contributed by atoms with Gasteiger partial charge in [-0.05, 0) is 25.8 Å². The highest BCUT2D eigenvalue weighted by molar-refractivity contribution is 7.09. The fourth-order valence-corrected chi connectivity index (χ4v) is 2.54. The van der Waals surface area contributed by atoms with E-state index in [0.29, 0.717) is 0 Å². The van der Waals surface area contributed by atoms with E-state index in [9.17, 15) is 0 Å². The molecule has 0 amide bonds. The normalized spacial score (nSPS) is 29.7. The maximum absolute atomic E-state index is 4.32. The number of hydrogen-bond donors (Lipinski definition) is 0. The lowest BCUT2D eigenvalue weighted by atomic mass is 10.1. The number of thiazole rings is 1. The smallest absolute Gasteiger partial charge is 0.107 e. The molecule has 1 saturated heterocycles. The highest BCUT2D eigenvalue weighted by Gasteiger charge is 2.27. The second-order valence-electron chi connectivity index (χ2n) is 3.90. The second kappa shape index (κ2) is 3.76. The van der Waals surface area contributed by atoms with Gasteiger partial charge in [0.25, 0.3) is 0 Å². The molecule has 2 atom stereocenters. The minimum Gasteiger partial charge on any atom is -0.294 e. The summed E-state index contributed by atoms with van der Waals surface area (Å²) >= 11 is 1.76. The molecular weight excluding hydrogens is 180 g/mol. The first-order valence-electron chi connectivity index (χ1n) is 4.90. The molecule has 0 N–H and O–H groups in total. The Morgan fingerprint density at radius 1 is 1.62 bits per heavy atom. The monoisotopic (exact) mass is 196 g/mol. The average Bonchev–Trinajstić information content (AvgIpc) is 2.71. The highest BCUT2D eigenvalue weighted by atomic mass is 32.1. The van der Waals surface area contributed by atoms with Crippen molar-refractivity contribution >= 4 is 11.3 Å². The molecule has 1 aliphatic heterocycles. The molecular formula is C10H16N2S. The van der Waals surface area contributed by atoms with Gasteiger partial charge in [-0.15, -0.1) is 11.3 Å². The number of nitrogens with zero attached hydrogens (tertiary/aromatic N) is 2. The molecule has 2 rings (SSSR count). The van der Waals surface area contributed by atoms with Crippen LogP contribution in [0.4, 0.5) is 0 Å². The first-order valence-corrected chi connectivity index (χ1v) is 5.78. The number of likely N-dealkylation sites (tertiary alicyclic amines) is 1. The molecule has 3 heteroatoms. The fraction of sp³-hybridized carbons (Fsp3) is 0.700. The summed E-state index contributed by atoms with van der Waals surface area (Å²) in [6.07, 6.45) is 3.23. The van der Waals surface area contributed by atoms with Crippen LogP contribution in [0, 0.1) is 5.92 Å². The van der Waals surface area contributed by atoms with Crippen molar-refractivity contribution in [2.75, 3.05) is 6.54 Å². The summed E-state index contributed by atoms with van der Waals surface area (Å²) < 4.78 is 0. The zero-order valence-corrected chi connectivity index (χ0v) is 9.05. The Kier molecular flexibility index (Phi) is 2.65. The third-order valence-electron chi connectivity index (χ3n) is 3.09. The van der Waals surface area contributed by atoms with Gasteiger partial charge in [0.2, 0.25) is 0 Å². The minimum atomic E-state index is 0.726. The van der Waals surface area contributed by atoms with E-state index in [1.807, 2.05) is 6.20 Å². The van der Waals surface area contributed by atoms with Gasteiger partial charge in [-0.3, -0.25) is 4.90 Å². The summed E-state index contributed by atoms with van der Waals surface area (Å²) in [6, 6.07) is 0.726. The van der Waals surface area contributed by atoms with Crippen molar-refractivity contribution in [1.29, 1.82) is 0 Å². The molecule has 0 saturated carbocycles. The van der Waals surface area contributed by atoms with Gasteiger partial charge in [-0.1, -0.05) is 6.92 Å². The molecule has 0 spiro atoms. The quantitative estimate of drug-likeness (QED) is 0.722. The first-order chi connectivity index (χ1) is 6.27. The van der Waals surface area contributed by atoms with Gasteiger partial charge in [0, 0.05) is 17.6 Å². The highest BCUT2D eigenvalue weighted by Crippen LogP contribution is 2.25. The molecule has 2 nitrogen and oxygen atoms in total. The third kappa shape index (κ3) is 1.92. The van der Waals surface area contributed by atoms with E-state index >= 15 is 0 Å². The number of rotatable bonds is 2. The molecule has 2 heterocycles. The van der Waals surface area contributed by atoms with Gasteiger partial charge >= 0.3 is 0 Å². The predicted molar refractivity (Wildman–Crippen MR) is 55.8 cm³/mol. The summed E-state index contributed by atoms with van der Waals surface area (Å²) in [5.41, 5.74) is 0. The molecule has 0 aliphatic carbocycles. The van der Waals surface area contributed by atoms with Gasteiger partial charge in [0.15, 0.2) is 0 Å². The number of hydrogen-bond acceptors (Lipinski definition) is 3. The average molecular weight is 196 g/mol. The summed E-state index contributed by atoms with van der Waals surface area (Å²) in [5, 5.41) is 3.31. The van der Waals surface area contributed by atoms with E-state index in [1.54, 1.807) is 11.3 Å². The Morgan fingerprint density at radius 2 is 2.46 bits per heavy atom. The van der Waals surface area contributed by atoms with Crippen molar-refractivity contribution in [3.8, 4) is 0 Å². The molecule has 0 aromatic carbocycles. The Morgan fingerprint density at radius 3 is 3.00 bits per heavy atom. The topological polar surface area (TPSA) is 16.1 Å². The van der Waals surface area contributed by atoms with Crippen LogP contribution < -0.4 is 0 Å². The van der Waals surface area contributed by atoms with Crippen LogP contribution in [0.3, 0.4) is 0 Å². The molecule has 1 aromatic heterocycles. The van der Waals surface area contributed by atoms with Crippen LogP contribution in [0.2, 0.25) is 0 Å². The molecule has 1 aromatic rings. The van der Waals surface area contributed by atoms with Crippen molar-refractivity contribution in [3.05, 3.63) is 16.6 Å². The van der Waals surface area contributed by atoms with Crippen molar-refractivity contribution < 1.29 is 0 Å². The van der Waals surface area contributed by atoms with E-state index in [-0.39, 0.29) is 0 Å². The lowest BCUT2D eigenvalue weighted by Gasteiger charge is -2.21. The van der Waals surface area contributed by atoms with E-state index in [4.69, 9.17) is 0 Å². The molecule has 13 heavy (non-hydrogen) atoms. The van der Waals surface area contributed by atoms with E-state index in [2.05, 4.69) is 29.1 Å². The van der Waals surface area contributed by atoms with Crippen LogP contribution in [0.1, 0.15) is 25.3 Å². The lowest BCUT2D eigenvalue weighted by Crippen LogP contribution is -2.28. The van der Waals surface area contributed by atoms with Crippen molar-refractivity contribution in [1.82, 2.24) is 9.88 Å². The molecule has 1 fully saturated rings. The van der Waals surface area contributed by atoms with Crippen LogP contribution >= 0.6 is 11.3 Å². The standard InChI is InChI=1S/C10H16N2S/c1-8-3-5-12(9(8)2)7-10-11-4-6-13-10/h4,6,8-9H,3,5,7H2,1-2H3. The first kappa shape index (κ1) is 9.16. The van der Waals surface area contributed by atoms with Gasteiger partial charge in [0.05, 0.1) is 6.54 Å². The van der Waals surface area contributed by atoms with E-state index in [1.165, 1.54) is 18.0 Å². The van der Waals surface area contributed by atoms with Gasteiger partial charge in [-0.2, -0.15) is 0 Å². The molecule has 1 aliphatic rings. The van der Waals surface area contributed by atoms with Crippen LogP contribution in [0.5, 0.6) is 0 Å². The maximum atomic E-state index is 4.32. The molecule has 0 radical (unpaired) electrons. The molecule has 72 valence electrons. The zero-order chi connectivity index (χ0) is 9.26. The van der Waals surface area contributed by atoms with Gasteiger partial charge in [0.1, 0.15) is 5.01 Å². The Balaban J connectivity index is 1.96. The van der Waals surface area contributed by atoms with Gasteiger partial charge in [-0.25, -0.2) is 4.98 Å². The third-order valence-corrected chi connectivity index (χ3v) is 3.86. The number of aromatic nitrogens is 1. The summed E-state index contributed by atoms with van der Waals surface area (Å²) in [6.45, 7) is 6.95. The van der Waals surface area contributed by atoms with Crippen LogP contribution in [0.25, 0.3) is 0 Å². The largest absolute Gasteiger partial charge is 0.294 e. The summed E-state index contributed by atoms with van der Waals surface area (Å²) in [7, 11) is 0.